The van der Waals surface area contributed by atoms with Gasteiger partial charge in [-0.05, 0) is 46.9 Å². The van der Waals surface area contributed by atoms with Crippen LogP contribution in [0.3, 0.4) is 0 Å². The standard InChI is InChI=1S/C14H14S/c1-10-8-11-4-2-5-12(13(11)9-10)14-6-3-7-15-14/h2-7,10H,8-9H2,1H3. The highest BCUT2D eigenvalue weighted by molar-refractivity contribution is 7.13. The van der Waals surface area contributed by atoms with Crippen molar-refractivity contribution < 1.29 is 0 Å². The van der Waals surface area contributed by atoms with Gasteiger partial charge < -0.3 is 0 Å². The lowest BCUT2D eigenvalue weighted by molar-refractivity contribution is 0.628. The first-order valence-electron chi connectivity index (χ1n) is 5.49. The summed E-state index contributed by atoms with van der Waals surface area (Å²) >= 11 is 1.84. The van der Waals surface area contributed by atoms with Gasteiger partial charge in [0, 0.05) is 4.88 Å². The molecule has 0 spiro atoms. The average molecular weight is 214 g/mol. The first kappa shape index (κ1) is 9.17. The number of thiophene rings is 1. The highest BCUT2D eigenvalue weighted by Gasteiger charge is 2.20. The fourth-order valence-electron chi connectivity index (χ4n) is 2.53. The molecule has 1 aliphatic carbocycles. The summed E-state index contributed by atoms with van der Waals surface area (Å²) < 4.78 is 0. The van der Waals surface area contributed by atoms with Crippen LogP contribution < -0.4 is 0 Å². The van der Waals surface area contributed by atoms with Gasteiger partial charge in [-0.15, -0.1) is 11.3 Å². The summed E-state index contributed by atoms with van der Waals surface area (Å²) in [6.07, 6.45) is 2.51. The maximum Gasteiger partial charge on any atom is 0.0345 e. The van der Waals surface area contributed by atoms with E-state index in [0.717, 1.165) is 5.92 Å². The van der Waals surface area contributed by atoms with Crippen molar-refractivity contribution in [3.63, 3.8) is 0 Å². The molecule has 1 aliphatic rings. The molecule has 2 aromatic rings. The van der Waals surface area contributed by atoms with E-state index >= 15 is 0 Å². The van der Waals surface area contributed by atoms with Crippen LogP contribution in [0.2, 0.25) is 0 Å². The Bertz CT molecular complexity index is 468. The van der Waals surface area contributed by atoms with Gasteiger partial charge in [-0.1, -0.05) is 31.2 Å². The summed E-state index contributed by atoms with van der Waals surface area (Å²) in [5.74, 6) is 0.820. The maximum absolute atomic E-state index is 2.35. The van der Waals surface area contributed by atoms with Crippen LogP contribution in [0.25, 0.3) is 10.4 Å². The van der Waals surface area contributed by atoms with Crippen LogP contribution in [0.15, 0.2) is 35.7 Å². The van der Waals surface area contributed by atoms with E-state index in [0.29, 0.717) is 0 Å². The van der Waals surface area contributed by atoms with Crippen molar-refractivity contribution in [2.75, 3.05) is 0 Å². The topological polar surface area (TPSA) is 0 Å². The van der Waals surface area contributed by atoms with Crippen molar-refractivity contribution in [1.29, 1.82) is 0 Å². The zero-order valence-corrected chi connectivity index (χ0v) is 9.68. The van der Waals surface area contributed by atoms with Crippen molar-refractivity contribution >= 4 is 11.3 Å². The molecule has 1 atom stereocenters. The smallest absolute Gasteiger partial charge is 0.0345 e. The van der Waals surface area contributed by atoms with Crippen LogP contribution in [0, 0.1) is 5.92 Å². The van der Waals surface area contributed by atoms with E-state index in [4.69, 9.17) is 0 Å². The second-order valence-electron chi connectivity index (χ2n) is 4.43. The summed E-state index contributed by atoms with van der Waals surface area (Å²) in [5.41, 5.74) is 4.62. The summed E-state index contributed by atoms with van der Waals surface area (Å²) in [7, 11) is 0. The molecule has 1 heteroatoms. The lowest BCUT2D eigenvalue weighted by Gasteiger charge is -2.05. The average Bonchev–Trinajstić information content (AvgIpc) is 2.82. The molecular formula is C14H14S. The molecule has 0 radical (unpaired) electrons. The van der Waals surface area contributed by atoms with Gasteiger partial charge in [-0.25, -0.2) is 0 Å². The molecule has 15 heavy (non-hydrogen) atoms. The van der Waals surface area contributed by atoms with E-state index in [2.05, 4.69) is 42.6 Å². The minimum atomic E-state index is 0.820. The molecule has 0 N–H and O–H groups in total. The lowest BCUT2D eigenvalue weighted by atomic mass is 10.0. The van der Waals surface area contributed by atoms with Crippen molar-refractivity contribution in [3.05, 3.63) is 46.8 Å². The molecule has 76 valence electrons. The largest absolute Gasteiger partial charge is 0.144 e. The Labute approximate surface area is 94.6 Å². The normalized spacial score (nSPS) is 19.1. The maximum atomic E-state index is 2.35. The van der Waals surface area contributed by atoms with Crippen molar-refractivity contribution in [1.82, 2.24) is 0 Å². The third-order valence-electron chi connectivity index (χ3n) is 3.18. The molecule has 0 saturated heterocycles. The van der Waals surface area contributed by atoms with E-state index in [9.17, 15) is 0 Å². The van der Waals surface area contributed by atoms with Crippen LogP contribution in [-0.2, 0) is 12.8 Å². The fourth-order valence-corrected chi connectivity index (χ4v) is 3.30. The molecule has 0 saturated carbocycles. The van der Waals surface area contributed by atoms with Crippen molar-refractivity contribution in [2.45, 2.75) is 19.8 Å². The number of hydrogen-bond acceptors (Lipinski definition) is 1. The van der Waals surface area contributed by atoms with Crippen LogP contribution in [0.5, 0.6) is 0 Å². The number of fused-ring (bicyclic) bond motifs is 1. The molecule has 0 bridgehead atoms. The van der Waals surface area contributed by atoms with E-state index in [-0.39, 0.29) is 0 Å². The molecule has 1 aromatic heterocycles. The van der Waals surface area contributed by atoms with Crippen LogP contribution >= 0.6 is 11.3 Å². The molecule has 0 fully saturated rings. The van der Waals surface area contributed by atoms with Gasteiger partial charge in [0.25, 0.3) is 0 Å². The van der Waals surface area contributed by atoms with E-state index in [1.54, 1.807) is 11.1 Å². The van der Waals surface area contributed by atoms with Gasteiger partial charge in [-0.2, -0.15) is 0 Å². The highest BCUT2D eigenvalue weighted by Crippen LogP contribution is 2.36. The molecular weight excluding hydrogens is 200 g/mol. The zero-order valence-electron chi connectivity index (χ0n) is 8.86. The molecule has 0 nitrogen and oxygen atoms in total. The molecule has 3 rings (SSSR count). The van der Waals surface area contributed by atoms with Gasteiger partial charge in [0.2, 0.25) is 0 Å². The molecule has 1 unspecified atom stereocenters. The van der Waals surface area contributed by atoms with Gasteiger partial charge in [0.05, 0.1) is 0 Å². The Kier molecular flexibility index (Phi) is 2.14. The third-order valence-corrected chi connectivity index (χ3v) is 4.08. The van der Waals surface area contributed by atoms with Crippen LogP contribution in [0.4, 0.5) is 0 Å². The first-order chi connectivity index (χ1) is 7.34. The molecule has 1 heterocycles. The Morgan fingerprint density at radius 2 is 2.07 bits per heavy atom. The van der Waals surface area contributed by atoms with Gasteiger partial charge in [0.15, 0.2) is 0 Å². The number of rotatable bonds is 1. The summed E-state index contributed by atoms with van der Waals surface area (Å²) in [6.45, 7) is 2.35. The predicted molar refractivity (Wildman–Crippen MR) is 66.3 cm³/mol. The van der Waals surface area contributed by atoms with E-state index in [1.807, 2.05) is 11.3 Å². The van der Waals surface area contributed by atoms with Crippen LogP contribution in [0.1, 0.15) is 18.1 Å². The third kappa shape index (κ3) is 1.51. The summed E-state index contributed by atoms with van der Waals surface area (Å²) in [6, 6.07) is 11.1. The lowest BCUT2D eigenvalue weighted by Crippen LogP contribution is -1.90. The Hall–Kier alpha value is -1.08. The van der Waals surface area contributed by atoms with Gasteiger partial charge >= 0.3 is 0 Å². The van der Waals surface area contributed by atoms with Gasteiger partial charge in [0.1, 0.15) is 0 Å². The quantitative estimate of drug-likeness (QED) is 0.669. The SMILES string of the molecule is CC1Cc2cccc(-c3cccs3)c2C1. The zero-order chi connectivity index (χ0) is 10.3. The minimum Gasteiger partial charge on any atom is -0.144 e. The first-order valence-corrected chi connectivity index (χ1v) is 6.37. The second kappa shape index (κ2) is 3.49. The van der Waals surface area contributed by atoms with E-state index < -0.39 is 0 Å². The fraction of sp³-hybridized carbons (Fsp3) is 0.286. The molecule has 0 aliphatic heterocycles. The second-order valence-corrected chi connectivity index (χ2v) is 5.38. The number of hydrogen-bond donors (Lipinski definition) is 0. The van der Waals surface area contributed by atoms with Gasteiger partial charge in [-0.3, -0.25) is 0 Å². The Morgan fingerprint density at radius 1 is 1.13 bits per heavy atom. The van der Waals surface area contributed by atoms with Crippen molar-refractivity contribution in [3.8, 4) is 10.4 Å². The Balaban J connectivity index is 2.15. The minimum absolute atomic E-state index is 0.820. The molecule has 0 amide bonds. The van der Waals surface area contributed by atoms with Crippen LogP contribution in [-0.4, -0.2) is 0 Å². The molecule has 1 aromatic carbocycles. The van der Waals surface area contributed by atoms with Crippen molar-refractivity contribution in [2.24, 2.45) is 5.92 Å². The predicted octanol–water partition coefficient (Wildman–Crippen LogP) is 4.15. The summed E-state index contributed by atoms with van der Waals surface area (Å²) in [4.78, 5) is 1.42. The van der Waals surface area contributed by atoms with E-state index in [1.165, 1.54) is 23.3 Å². The monoisotopic (exact) mass is 214 g/mol. The highest BCUT2D eigenvalue weighted by atomic mass is 32.1. The number of benzene rings is 1. The Morgan fingerprint density at radius 3 is 2.87 bits per heavy atom. The summed E-state index contributed by atoms with van der Waals surface area (Å²) in [5, 5.41) is 2.16.